The van der Waals surface area contributed by atoms with Gasteiger partial charge in [-0.25, -0.2) is 9.18 Å². The third-order valence-corrected chi connectivity index (χ3v) is 4.83. The van der Waals surface area contributed by atoms with Crippen LogP contribution in [0.4, 0.5) is 9.18 Å². The molecule has 0 radical (unpaired) electrons. The highest BCUT2D eigenvalue weighted by Crippen LogP contribution is 2.24. The zero-order valence-electron chi connectivity index (χ0n) is 15.9. The number of hydrogen-bond donors (Lipinski definition) is 1. The summed E-state index contributed by atoms with van der Waals surface area (Å²) in [5, 5.41) is 2.77. The Balaban J connectivity index is 1.56. The van der Waals surface area contributed by atoms with Crippen LogP contribution in [0.15, 0.2) is 48.5 Å². The predicted molar refractivity (Wildman–Crippen MR) is 102 cm³/mol. The maximum Gasteiger partial charge on any atom is 0.325 e. The number of methoxy groups -OCH3 is 1. The van der Waals surface area contributed by atoms with E-state index in [4.69, 9.17) is 9.47 Å². The minimum Gasteiger partial charge on any atom is -0.497 e. The lowest BCUT2D eigenvalue weighted by atomic mass is 9.93. The van der Waals surface area contributed by atoms with E-state index in [0.717, 1.165) is 16.2 Å². The van der Waals surface area contributed by atoms with E-state index in [1.165, 1.54) is 12.1 Å². The van der Waals surface area contributed by atoms with Crippen molar-refractivity contribution < 1.29 is 23.5 Å². The Morgan fingerprint density at radius 1 is 1.11 bits per heavy atom. The molecule has 1 aliphatic rings. The molecule has 0 aromatic heterocycles. The maximum atomic E-state index is 13.6. The number of nitrogens with zero attached hydrogens (tertiary/aromatic N) is 1. The molecule has 148 valence electrons. The fraction of sp³-hybridized carbons (Fsp3) is 0.333. The topological polar surface area (TPSA) is 67.9 Å². The average Bonchev–Trinajstić information content (AvgIpc) is 2.91. The number of para-hydroxylation sites is 1. The van der Waals surface area contributed by atoms with Crippen LogP contribution in [0, 0.1) is 5.82 Å². The van der Waals surface area contributed by atoms with E-state index in [1.54, 1.807) is 26.2 Å². The largest absolute Gasteiger partial charge is 0.497 e. The van der Waals surface area contributed by atoms with Crippen LogP contribution in [0.5, 0.6) is 11.5 Å². The number of nitrogens with one attached hydrogen (secondary N) is 1. The molecule has 1 saturated heterocycles. The molecular weight excluding hydrogens is 363 g/mol. The van der Waals surface area contributed by atoms with Crippen molar-refractivity contribution in [2.45, 2.75) is 25.3 Å². The number of imide groups is 1. The summed E-state index contributed by atoms with van der Waals surface area (Å²) < 4.78 is 24.1. The monoisotopic (exact) mass is 386 g/mol. The van der Waals surface area contributed by atoms with E-state index in [1.807, 2.05) is 24.3 Å². The van der Waals surface area contributed by atoms with E-state index in [9.17, 15) is 14.0 Å². The zero-order chi connectivity index (χ0) is 20.1. The predicted octanol–water partition coefficient (Wildman–Crippen LogP) is 3.16. The third kappa shape index (κ3) is 4.24. The molecule has 28 heavy (non-hydrogen) atoms. The smallest absolute Gasteiger partial charge is 0.325 e. The van der Waals surface area contributed by atoms with Crippen LogP contribution >= 0.6 is 0 Å². The van der Waals surface area contributed by atoms with Crippen molar-refractivity contribution in [1.82, 2.24) is 10.2 Å². The van der Waals surface area contributed by atoms with Gasteiger partial charge in [0.05, 0.1) is 13.7 Å². The summed E-state index contributed by atoms with van der Waals surface area (Å²) in [6.07, 6.45) is 1.10. The molecule has 0 bridgehead atoms. The van der Waals surface area contributed by atoms with Gasteiger partial charge in [-0.15, -0.1) is 0 Å². The van der Waals surface area contributed by atoms with Gasteiger partial charge in [0.1, 0.15) is 17.9 Å². The minimum atomic E-state index is -0.977. The average molecular weight is 386 g/mol. The lowest BCUT2D eigenvalue weighted by Crippen LogP contribution is -2.44. The molecule has 0 unspecified atom stereocenters. The number of ether oxygens (including phenoxy) is 2. The highest BCUT2D eigenvalue weighted by atomic mass is 19.1. The molecule has 7 heteroatoms. The summed E-state index contributed by atoms with van der Waals surface area (Å²) >= 11 is 0. The van der Waals surface area contributed by atoms with Crippen LogP contribution in [-0.4, -0.2) is 42.6 Å². The Morgan fingerprint density at radius 3 is 2.50 bits per heavy atom. The first-order valence-electron chi connectivity index (χ1n) is 9.07. The molecule has 1 heterocycles. The molecule has 3 rings (SSSR count). The molecule has 0 spiro atoms. The van der Waals surface area contributed by atoms with Crippen molar-refractivity contribution in [3.8, 4) is 11.5 Å². The Labute approximate surface area is 163 Å². The first-order chi connectivity index (χ1) is 13.4. The van der Waals surface area contributed by atoms with Gasteiger partial charge in [0.2, 0.25) is 0 Å². The van der Waals surface area contributed by atoms with Gasteiger partial charge in [0.25, 0.3) is 5.91 Å². The van der Waals surface area contributed by atoms with Crippen molar-refractivity contribution in [2.75, 3.05) is 20.3 Å². The summed E-state index contributed by atoms with van der Waals surface area (Å²) in [5.74, 6) is 0.0743. The summed E-state index contributed by atoms with van der Waals surface area (Å²) in [6.45, 7) is 1.79. The Bertz CT molecular complexity index is 856. The molecule has 1 atom stereocenters. The van der Waals surface area contributed by atoms with E-state index in [0.29, 0.717) is 12.8 Å². The highest BCUT2D eigenvalue weighted by Gasteiger charge is 2.47. The number of carbonyl (C=O) groups is 2. The van der Waals surface area contributed by atoms with E-state index < -0.39 is 17.4 Å². The van der Waals surface area contributed by atoms with Crippen molar-refractivity contribution in [2.24, 2.45) is 0 Å². The second-order valence-electron chi connectivity index (χ2n) is 6.85. The second kappa shape index (κ2) is 8.29. The summed E-state index contributed by atoms with van der Waals surface area (Å²) in [7, 11) is 1.60. The molecular formula is C21H23FN2O4. The number of amides is 3. The Morgan fingerprint density at radius 2 is 1.82 bits per heavy atom. The first kappa shape index (κ1) is 19.7. The lowest BCUT2D eigenvalue weighted by molar-refractivity contribution is -0.131. The molecule has 0 aliphatic carbocycles. The van der Waals surface area contributed by atoms with Gasteiger partial charge in [-0.1, -0.05) is 24.3 Å². The number of hydrogen-bond acceptors (Lipinski definition) is 4. The Kier molecular flexibility index (Phi) is 5.82. The summed E-state index contributed by atoms with van der Waals surface area (Å²) in [6, 6.07) is 13.1. The van der Waals surface area contributed by atoms with E-state index in [-0.39, 0.29) is 24.8 Å². The van der Waals surface area contributed by atoms with Crippen molar-refractivity contribution in [3.05, 3.63) is 59.9 Å². The third-order valence-electron chi connectivity index (χ3n) is 4.83. The van der Waals surface area contributed by atoms with Gasteiger partial charge in [0.15, 0.2) is 11.6 Å². The van der Waals surface area contributed by atoms with Crippen LogP contribution in [0.3, 0.4) is 0 Å². The van der Waals surface area contributed by atoms with Gasteiger partial charge in [0, 0.05) is 0 Å². The van der Waals surface area contributed by atoms with Crippen molar-refractivity contribution in [3.63, 3.8) is 0 Å². The van der Waals surface area contributed by atoms with Crippen LogP contribution < -0.4 is 14.8 Å². The fourth-order valence-electron chi connectivity index (χ4n) is 3.11. The number of rotatable bonds is 8. The molecule has 6 nitrogen and oxygen atoms in total. The number of halogens is 1. The zero-order valence-corrected chi connectivity index (χ0v) is 15.9. The molecule has 2 aromatic carbocycles. The number of carbonyl (C=O) groups excluding carboxylic acids is 2. The van der Waals surface area contributed by atoms with Gasteiger partial charge >= 0.3 is 6.03 Å². The number of benzene rings is 2. The summed E-state index contributed by atoms with van der Waals surface area (Å²) in [4.78, 5) is 26.1. The maximum absolute atomic E-state index is 13.6. The summed E-state index contributed by atoms with van der Waals surface area (Å²) in [5.41, 5.74) is 0.0695. The standard InChI is InChI=1S/C21H23FN2O4/c1-21(12-11-15-7-9-16(27-2)10-8-15)19(25)24(20(26)23-21)13-14-28-18-6-4-3-5-17(18)22/h3-10H,11-14H2,1-2H3,(H,23,26)/t21-/m1/s1. The Hall–Kier alpha value is -3.09. The fourth-order valence-corrected chi connectivity index (χ4v) is 3.11. The van der Waals surface area contributed by atoms with Gasteiger partial charge in [-0.05, 0) is 49.6 Å². The van der Waals surface area contributed by atoms with Crippen LogP contribution in [0.2, 0.25) is 0 Å². The van der Waals surface area contributed by atoms with Crippen LogP contribution in [-0.2, 0) is 11.2 Å². The molecule has 3 amide bonds. The second-order valence-corrected chi connectivity index (χ2v) is 6.85. The highest BCUT2D eigenvalue weighted by molar-refractivity contribution is 6.06. The minimum absolute atomic E-state index is 0.0225. The van der Waals surface area contributed by atoms with Gasteiger partial charge in [-0.2, -0.15) is 0 Å². The normalized spacial score (nSPS) is 18.9. The van der Waals surface area contributed by atoms with Crippen molar-refractivity contribution >= 4 is 11.9 Å². The number of urea groups is 1. The lowest BCUT2D eigenvalue weighted by Gasteiger charge is -2.21. The first-order valence-corrected chi connectivity index (χ1v) is 9.07. The molecule has 0 saturated carbocycles. The van der Waals surface area contributed by atoms with Crippen molar-refractivity contribution in [1.29, 1.82) is 0 Å². The van der Waals surface area contributed by atoms with Crippen LogP contribution in [0.1, 0.15) is 18.9 Å². The quantitative estimate of drug-likeness (QED) is 0.708. The molecule has 1 aliphatic heterocycles. The van der Waals surface area contributed by atoms with Crippen LogP contribution in [0.25, 0.3) is 0 Å². The molecule has 1 N–H and O–H groups in total. The SMILES string of the molecule is COc1ccc(CC[C@@]2(C)NC(=O)N(CCOc3ccccc3F)C2=O)cc1. The molecule has 1 fully saturated rings. The van der Waals surface area contributed by atoms with Gasteiger partial charge < -0.3 is 14.8 Å². The number of aryl methyl sites for hydroxylation is 1. The van der Waals surface area contributed by atoms with E-state index in [2.05, 4.69) is 5.32 Å². The van der Waals surface area contributed by atoms with Gasteiger partial charge in [-0.3, -0.25) is 9.69 Å². The van der Waals surface area contributed by atoms with E-state index >= 15 is 0 Å². The molecule has 2 aromatic rings.